The summed E-state index contributed by atoms with van der Waals surface area (Å²) in [5, 5.41) is 37.7. The van der Waals surface area contributed by atoms with Gasteiger partial charge in [-0.1, -0.05) is 0 Å². The SMILES string of the molecule is NC(=O)CC(O[C@@H]1OC(CO)[C@@H](O)C(O)C1O)C(N)=O. The largest absolute Gasteiger partial charge is 0.394 e. The molecule has 1 aliphatic rings. The number of rotatable bonds is 6. The molecule has 1 saturated heterocycles. The van der Waals surface area contributed by atoms with Gasteiger partial charge >= 0.3 is 0 Å². The van der Waals surface area contributed by atoms with Crippen LogP contribution in [0.1, 0.15) is 6.42 Å². The summed E-state index contributed by atoms with van der Waals surface area (Å²) in [7, 11) is 0. The predicted octanol–water partition coefficient (Wildman–Crippen LogP) is -4.47. The first kappa shape index (κ1) is 16.8. The third-order valence-corrected chi connectivity index (χ3v) is 2.85. The average Bonchev–Trinajstić information content (AvgIpc) is 2.37. The molecule has 0 aromatic carbocycles. The smallest absolute Gasteiger partial charge is 0.247 e. The van der Waals surface area contributed by atoms with Crippen LogP contribution in [0.4, 0.5) is 0 Å². The van der Waals surface area contributed by atoms with E-state index in [9.17, 15) is 24.9 Å². The highest BCUT2D eigenvalue weighted by Crippen LogP contribution is 2.23. The van der Waals surface area contributed by atoms with E-state index in [2.05, 4.69) is 0 Å². The molecular formula is C10H18N2O8. The van der Waals surface area contributed by atoms with Crippen LogP contribution < -0.4 is 11.5 Å². The summed E-state index contributed by atoms with van der Waals surface area (Å²) in [5.41, 5.74) is 9.92. The fraction of sp³-hybridized carbons (Fsp3) is 0.800. The Kier molecular flexibility index (Phi) is 5.80. The van der Waals surface area contributed by atoms with Gasteiger partial charge in [0.15, 0.2) is 6.29 Å². The van der Waals surface area contributed by atoms with Crippen molar-refractivity contribution < 1.29 is 39.5 Å². The monoisotopic (exact) mass is 294 g/mol. The van der Waals surface area contributed by atoms with Crippen molar-refractivity contribution in [1.29, 1.82) is 0 Å². The van der Waals surface area contributed by atoms with Gasteiger partial charge in [0.25, 0.3) is 0 Å². The van der Waals surface area contributed by atoms with Crippen molar-refractivity contribution in [1.82, 2.24) is 0 Å². The number of amides is 2. The number of nitrogens with two attached hydrogens (primary N) is 2. The lowest BCUT2D eigenvalue weighted by molar-refractivity contribution is -0.308. The molecule has 8 N–H and O–H groups in total. The maximum absolute atomic E-state index is 11.1. The Morgan fingerprint density at radius 1 is 1.15 bits per heavy atom. The molecule has 1 fully saturated rings. The molecule has 0 bridgehead atoms. The molecule has 0 saturated carbocycles. The molecule has 0 aromatic heterocycles. The van der Waals surface area contributed by atoms with Crippen LogP contribution in [0.5, 0.6) is 0 Å². The Morgan fingerprint density at radius 2 is 1.75 bits per heavy atom. The summed E-state index contributed by atoms with van der Waals surface area (Å²) in [6.07, 6.45) is -9.66. The highest BCUT2D eigenvalue weighted by Gasteiger charge is 2.45. The molecular weight excluding hydrogens is 276 g/mol. The van der Waals surface area contributed by atoms with Crippen LogP contribution >= 0.6 is 0 Å². The van der Waals surface area contributed by atoms with Crippen molar-refractivity contribution in [3.8, 4) is 0 Å². The zero-order valence-corrected chi connectivity index (χ0v) is 10.5. The summed E-state index contributed by atoms with van der Waals surface area (Å²) in [4.78, 5) is 21.9. The second-order valence-corrected chi connectivity index (χ2v) is 4.39. The minimum absolute atomic E-state index is 0.537. The minimum atomic E-state index is -1.69. The van der Waals surface area contributed by atoms with Gasteiger partial charge in [-0.3, -0.25) is 9.59 Å². The first-order chi connectivity index (χ1) is 9.27. The van der Waals surface area contributed by atoms with Gasteiger partial charge in [0.05, 0.1) is 13.0 Å². The molecule has 10 heteroatoms. The van der Waals surface area contributed by atoms with Crippen molar-refractivity contribution in [2.45, 2.75) is 43.2 Å². The number of carbonyl (C=O) groups is 2. The number of carbonyl (C=O) groups excluding carboxylic acids is 2. The Labute approximate surface area is 113 Å². The van der Waals surface area contributed by atoms with E-state index in [0.717, 1.165) is 0 Å². The van der Waals surface area contributed by atoms with E-state index in [1.54, 1.807) is 0 Å². The number of primary amides is 2. The normalized spacial score (nSPS) is 35.5. The Morgan fingerprint density at radius 3 is 2.20 bits per heavy atom. The quantitative estimate of drug-likeness (QED) is 0.283. The highest BCUT2D eigenvalue weighted by atomic mass is 16.7. The second kappa shape index (κ2) is 6.92. The lowest BCUT2D eigenvalue weighted by Gasteiger charge is -2.40. The van der Waals surface area contributed by atoms with E-state index in [1.807, 2.05) is 0 Å². The average molecular weight is 294 g/mol. The molecule has 10 nitrogen and oxygen atoms in total. The molecule has 0 aliphatic carbocycles. The summed E-state index contributed by atoms with van der Waals surface area (Å²) in [5.74, 6) is -1.88. The number of aliphatic hydroxyl groups is 4. The Hall–Kier alpha value is -1.30. The summed E-state index contributed by atoms with van der Waals surface area (Å²) in [6, 6.07) is 0. The molecule has 4 unspecified atom stereocenters. The van der Waals surface area contributed by atoms with Crippen LogP contribution in [0.3, 0.4) is 0 Å². The third-order valence-electron chi connectivity index (χ3n) is 2.85. The van der Waals surface area contributed by atoms with E-state index < -0.39 is 61.7 Å². The molecule has 0 spiro atoms. The van der Waals surface area contributed by atoms with Gasteiger partial charge in [0, 0.05) is 0 Å². The van der Waals surface area contributed by atoms with Gasteiger partial charge in [-0.25, -0.2) is 0 Å². The first-order valence-electron chi connectivity index (χ1n) is 5.81. The van der Waals surface area contributed by atoms with Crippen LogP contribution in [-0.2, 0) is 19.1 Å². The van der Waals surface area contributed by atoms with Gasteiger partial charge < -0.3 is 41.4 Å². The zero-order chi connectivity index (χ0) is 15.4. The number of hydrogen-bond acceptors (Lipinski definition) is 8. The van der Waals surface area contributed by atoms with Crippen LogP contribution in [0.15, 0.2) is 0 Å². The van der Waals surface area contributed by atoms with E-state index in [0.29, 0.717) is 0 Å². The summed E-state index contributed by atoms with van der Waals surface area (Å²) >= 11 is 0. The fourth-order valence-electron chi connectivity index (χ4n) is 1.74. The first-order valence-corrected chi connectivity index (χ1v) is 5.81. The van der Waals surface area contributed by atoms with E-state index in [1.165, 1.54) is 0 Å². The molecule has 116 valence electrons. The van der Waals surface area contributed by atoms with E-state index in [-0.39, 0.29) is 0 Å². The predicted molar refractivity (Wildman–Crippen MR) is 61.6 cm³/mol. The van der Waals surface area contributed by atoms with Crippen LogP contribution in [0.2, 0.25) is 0 Å². The standard InChI is InChI=1S/C10H18N2O8/c11-5(14)1-3(9(12)18)19-10-8(17)7(16)6(15)4(2-13)20-10/h3-4,6-8,10,13,15-17H,1-2H2,(H2,11,14)(H2,12,18)/t3?,4?,6-,7?,8?,10-/m1/s1. The van der Waals surface area contributed by atoms with Gasteiger partial charge in [-0.2, -0.15) is 0 Å². The van der Waals surface area contributed by atoms with Gasteiger partial charge in [0.2, 0.25) is 11.8 Å². The molecule has 2 amide bonds. The van der Waals surface area contributed by atoms with Crippen LogP contribution in [-0.4, -0.2) is 75.7 Å². The van der Waals surface area contributed by atoms with Crippen molar-refractivity contribution in [3.63, 3.8) is 0 Å². The fourth-order valence-corrected chi connectivity index (χ4v) is 1.74. The van der Waals surface area contributed by atoms with Crippen molar-refractivity contribution in [2.75, 3.05) is 6.61 Å². The molecule has 0 aromatic rings. The summed E-state index contributed by atoms with van der Waals surface area (Å²) < 4.78 is 10.00. The highest BCUT2D eigenvalue weighted by molar-refractivity contribution is 5.85. The second-order valence-electron chi connectivity index (χ2n) is 4.39. The lowest BCUT2D eigenvalue weighted by atomic mass is 9.99. The van der Waals surface area contributed by atoms with Crippen LogP contribution in [0.25, 0.3) is 0 Å². The van der Waals surface area contributed by atoms with Crippen molar-refractivity contribution in [3.05, 3.63) is 0 Å². The van der Waals surface area contributed by atoms with Crippen molar-refractivity contribution >= 4 is 11.8 Å². The van der Waals surface area contributed by atoms with Crippen molar-refractivity contribution in [2.24, 2.45) is 11.5 Å². The molecule has 0 radical (unpaired) electrons. The van der Waals surface area contributed by atoms with Gasteiger partial charge in [-0.05, 0) is 0 Å². The molecule has 1 rings (SSSR count). The lowest BCUT2D eigenvalue weighted by Crippen LogP contribution is -2.60. The number of hydrogen-bond donors (Lipinski definition) is 6. The number of aliphatic hydroxyl groups excluding tert-OH is 4. The molecule has 1 heterocycles. The topological polar surface area (TPSA) is 186 Å². The van der Waals surface area contributed by atoms with E-state index in [4.69, 9.17) is 26.0 Å². The third kappa shape index (κ3) is 3.85. The minimum Gasteiger partial charge on any atom is -0.394 e. The molecule has 20 heavy (non-hydrogen) atoms. The molecule has 1 aliphatic heterocycles. The summed E-state index contributed by atoms with van der Waals surface area (Å²) in [6.45, 7) is -0.651. The Balaban J connectivity index is 2.77. The zero-order valence-electron chi connectivity index (χ0n) is 10.5. The van der Waals surface area contributed by atoms with Crippen LogP contribution in [0, 0.1) is 0 Å². The maximum atomic E-state index is 11.1. The maximum Gasteiger partial charge on any atom is 0.247 e. The van der Waals surface area contributed by atoms with E-state index >= 15 is 0 Å². The molecule has 6 atom stereocenters. The van der Waals surface area contributed by atoms with Gasteiger partial charge in [-0.15, -0.1) is 0 Å². The number of ether oxygens (including phenoxy) is 2. The van der Waals surface area contributed by atoms with Gasteiger partial charge in [0.1, 0.15) is 30.5 Å². The Bertz CT molecular complexity index is 363.